The zero-order valence-electron chi connectivity index (χ0n) is 14.1. The van der Waals surface area contributed by atoms with Gasteiger partial charge in [-0.1, -0.05) is 49.4 Å². The molecule has 0 aliphatic heterocycles. The highest BCUT2D eigenvalue weighted by Crippen LogP contribution is 2.20. The van der Waals surface area contributed by atoms with Crippen LogP contribution in [0, 0.1) is 5.82 Å². The van der Waals surface area contributed by atoms with Gasteiger partial charge in [0.15, 0.2) is 0 Å². The zero-order valence-corrected chi connectivity index (χ0v) is 14.1. The van der Waals surface area contributed by atoms with Gasteiger partial charge in [0.25, 0.3) is 0 Å². The summed E-state index contributed by atoms with van der Waals surface area (Å²) in [5.74, 6) is -0.229. The minimum Gasteiger partial charge on any atom is -0.341 e. The van der Waals surface area contributed by atoms with Crippen molar-refractivity contribution in [2.24, 2.45) is 5.73 Å². The highest BCUT2D eigenvalue weighted by Gasteiger charge is 2.17. The van der Waals surface area contributed by atoms with Crippen molar-refractivity contribution < 1.29 is 9.18 Å². The average molecular weight is 328 g/mol. The lowest BCUT2D eigenvalue weighted by atomic mass is 9.97. The fraction of sp³-hybridized carbons (Fsp3) is 0.350. The number of carbonyl (C=O) groups excluding carboxylic acids is 1. The van der Waals surface area contributed by atoms with Crippen molar-refractivity contribution in [1.29, 1.82) is 0 Å². The van der Waals surface area contributed by atoms with Gasteiger partial charge >= 0.3 is 0 Å². The molecule has 1 unspecified atom stereocenters. The Morgan fingerprint density at radius 2 is 1.88 bits per heavy atom. The van der Waals surface area contributed by atoms with E-state index in [1.54, 1.807) is 6.07 Å². The average Bonchev–Trinajstić information content (AvgIpc) is 2.59. The largest absolute Gasteiger partial charge is 0.341 e. The Morgan fingerprint density at radius 1 is 1.12 bits per heavy atom. The predicted octanol–water partition coefficient (Wildman–Crippen LogP) is 3.35. The highest BCUT2D eigenvalue weighted by molar-refractivity contribution is 5.77. The van der Waals surface area contributed by atoms with E-state index in [0.717, 1.165) is 12.0 Å². The molecule has 0 aromatic heterocycles. The predicted molar refractivity (Wildman–Crippen MR) is 95.2 cm³/mol. The van der Waals surface area contributed by atoms with E-state index in [2.05, 4.69) is 12.1 Å². The molecular formula is C20H25FN2O. The topological polar surface area (TPSA) is 46.3 Å². The minimum absolute atomic E-state index is 0.0230. The van der Waals surface area contributed by atoms with Gasteiger partial charge in [0, 0.05) is 26.1 Å². The molecule has 0 aliphatic rings. The first kappa shape index (κ1) is 18.1. The number of hydrogen-bond donors (Lipinski definition) is 1. The summed E-state index contributed by atoms with van der Waals surface area (Å²) in [5, 5.41) is 0. The molecule has 0 aliphatic carbocycles. The summed E-state index contributed by atoms with van der Waals surface area (Å²) in [6.07, 6.45) is 1.17. The number of halogens is 1. The summed E-state index contributed by atoms with van der Waals surface area (Å²) in [6, 6.07) is 16.5. The number of hydrogen-bond acceptors (Lipinski definition) is 2. The fourth-order valence-corrected chi connectivity index (χ4v) is 2.75. The molecule has 0 fully saturated rings. The molecule has 1 amide bonds. The monoisotopic (exact) mass is 328 g/mol. The van der Waals surface area contributed by atoms with Gasteiger partial charge in [-0.2, -0.15) is 0 Å². The Bertz CT molecular complexity index is 645. The van der Waals surface area contributed by atoms with Gasteiger partial charge in [-0.05, 0) is 35.6 Å². The Labute approximate surface area is 143 Å². The lowest BCUT2D eigenvalue weighted by Crippen LogP contribution is -2.37. The third-order valence-corrected chi connectivity index (χ3v) is 4.16. The number of carbonyl (C=O) groups is 1. The van der Waals surface area contributed by atoms with E-state index in [9.17, 15) is 9.18 Å². The van der Waals surface area contributed by atoms with E-state index < -0.39 is 0 Å². The van der Waals surface area contributed by atoms with Crippen LogP contribution in [0.25, 0.3) is 0 Å². The fourth-order valence-electron chi connectivity index (χ4n) is 2.75. The molecule has 2 N–H and O–H groups in total. The van der Waals surface area contributed by atoms with Crippen LogP contribution in [0.2, 0.25) is 0 Å². The molecule has 0 bridgehead atoms. The van der Waals surface area contributed by atoms with Gasteiger partial charge in [0.1, 0.15) is 5.82 Å². The molecule has 2 aromatic carbocycles. The van der Waals surface area contributed by atoms with E-state index >= 15 is 0 Å². The third kappa shape index (κ3) is 5.46. The first-order valence-corrected chi connectivity index (χ1v) is 8.37. The van der Waals surface area contributed by atoms with Crippen molar-refractivity contribution in [3.63, 3.8) is 0 Å². The van der Waals surface area contributed by atoms with Crippen LogP contribution in [0.5, 0.6) is 0 Å². The van der Waals surface area contributed by atoms with Gasteiger partial charge in [0.2, 0.25) is 5.91 Å². The molecule has 3 nitrogen and oxygen atoms in total. The molecule has 4 heteroatoms. The normalized spacial score (nSPS) is 12.0. The molecule has 0 spiro atoms. The SMILES string of the molecule is CC(CC(=O)N(CCN)CCc1ccccc1)c1cccc(F)c1. The summed E-state index contributed by atoms with van der Waals surface area (Å²) in [7, 11) is 0. The molecule has 128 valence electrons. The summed E-state index contributed by atoms with van der Waals surface area (Å²) < 4.78 is 13.3. The maximum Gasteiger partial charge on any atom is 0.223 e. The summed E-state index contributed by atoms with van der Waals surface area (Å²) in [6.45, 7) is 3.58. The molecule has 24 heavy (non-hydrogen) atoms. The van der Waals surface area contributed by atoms with Gasteiger partial charge in [-0.15, -0.1) is 0 Å². The lowest BCUT2D eigenvalue weighted by molar-refractivity contribution is -0.131. The number of rotatable bonds is 8. The lowest BCUT2D eigenvalue weighted by Gasteiger charge is -2.24. The molecule has 1 atom stereocenters. The number of nitrogens with two attached hydrogens (primary N) is 1. The van der Waals surface area contributed by atoms with Gasteiger partial charge in [0.05, 0.1) is 0 Å². The quantitative estimate of drug-likeness (QED) is 0.808. The number of benzene rings is 2. The van der Waals surface area contributed by atoms with Crippen LogP contribution < -0.4 is 5.73 Å². The summed E-state index contributed by atoms with van der Waals surface area (Å²) >= 11 is 0. The second kappa shape index (κ2) is 9.18. The molecule has 0 radical (unpaired) electrons. The van der Waals surface area contributed by atoms with E-state index in [0.29, 0.717) is 26.1 Å². The van der Waals surface area contributed by atoms with Gasteiger partial charge < -0.3 is 10.6 Å². The van der Waals surface area contributed by atoms with Crippen LogP contribution in [0.4, 0.5) is 4.39 Å². The van der Waals surface area contributed by atoms with E-state index in [4.69, 9.17) is 5.73 Å². The molecule has 0 heterocycles. The summed E-state index contributed by atoms with van der Waals surface area (Å²) in [4.78, 5) is 14.4. The Morgan fingerprint density at radius 3 is 2.54 bits per heavy atom. The van der Waals surface area contributed by atoms with E-state index in [1.165, 1.54) is 17.7 Å². The maximum absolute atomic E-state index is 13.3. The smallest absolute Gasteiger partial charge is 0.223 e. The van der Waals surface area contributed by atoms with Crippen LogP contribution in [0.3, 0.4) is 0 Å². The van der Waals surface area contributed by atoms with Crippen molar-refractivity contribution in [2.75, 3.05) is 19.6 Å². The van der Waals surface area contributed by atoms with E-state index in [-0.39, 0.29) is 17.6 Å². The van der Waals surface area contributed by atoms with Crippen molar-refractivity contribution in [2.45, 2.75) is 25.7 Å². The third-order valence-electron chi connectivity index (χ3n) is 4.16. The molecule has 0 saturated carbocycles. The molecule has 2 aromatic rings. The standard InChI is InChI=1S/C20H25FN2O/c1-16(18-8-5-9-19(21)15-18)14-20(24)23(13-11-22)12-10-17-6-3-2-4-7-17/h2-9,15-16H,10-14,22H2,1H3. The Balaban J connectivity index is 1.95. The maximum atomic E-state index is 13.3. The number of nitrogens with zero attached hydrogens (tertiary/aromatic N) is 1. The van der Waals surface area contributed by atoms with Crippen molar-refractivity contribution in [3.05, 3.63) is 71.5 Å². The number of amides is 1. The van der Waals surface area contributed by atoms with Gasteiger partial charge in [-0.25, -0.2) is 4.39 Å². The van der Waals surface area contributed by atoms with Crippen molar-refractivity contribution in [1.82, 2.24) is 4.90 Å². The zero-order chi connectivity index (χ0) is 17.4. The second-order valence-corrected chi connectivity index (χ2v) is 6.07. The van der Waals surface area contributed by atoms with E-state index in [1.807, 2.05) is 36.1 Å². The van der Waals surface area contributed by atoms with Crippen molar-refractivity contribution >= 4 is 5.91 Å². The minimum atomic E-state index is -0.269. The van der Waals surface area contributed by atoms with Crippen LogP contribution >= 0.6 is 0 Å². The van der Waals surface area contributed by atoms with Crippen LogP contribution in [-0.2, 0) is 11.2 Å². The Hall–Kier alpha value is -2.20. The van der Waals surface area contributed by atoms with Crippen LogP contribution in [0.1, 0.15) is 30.4 Å². The molecule has 0 saturated heterocycles. The van der Waals surface area contributed by atoms with Gasteiger partial charge in [-0.3, -0.25) is 4.79 Å². The van der Waals surface area contributed by atoms with Crippen LogP contribution in [-0.4, -0.2) is 30.4 Å². The van der Waals surface area contributed by atoms with Crippen LogP contribution in [0.15, 0.2) is 54.6 Å². The molecular weight excluding hydrogens is 303 g/mol. The van der Waals surface area contributed by atoms with Crippen molar-refractivity contribution in [3.8, 4) is 0 Å². The Kier molecular flexibility index (Phi) is 6.94. The highest BCUT2D eigenvalue weighted by atomic mass is 19.1. The second-order valence-electron chi connectivity index (χ2n) is 6.07. The molecule has 2 rings (SSSR count). The first-order valence-electron chi connectivity index (χ1n) is 8.37. The first-order chi connectivity index (χ1) is 11.6. The summed E-state index contributed by atoms with van der Waals surface area (Å²) in [5.41, 5.74) is 7.70.